The van der Waals surface area contributed by atoms with Crippen molar-refractivity contribution < 1.29 is 4.74 Å². The molecule has 1 aliphatic heterocycles. The second-order valence-electron chi connectivity index (χ2n) is 6.92. The van der Waals surface area contributed by atoms with Gasteiger partial charge < -0.3 is 10.1 Å². The van der Waals surface area contributed by atoms with Gasteiger partial charge in [-0.2, -0.15) is 0 Å². The zero-order valence-electron chi connectivity index (χ0n) is 11.9. The van der Waals surface area contributed by atoms with Gasteiger partial charge in [0.25, 0.3) is 0 Å². The van der Waals surface area contributed by atoms with E-state index in [1.54, 1.807) is 0 Å². The average Bonchev–Trinajstić information content (AvgIpc) is 2.34. The Balaban J connectivity index is 1.80. The van der Waals surface area contributed by atoms with Crippen LogP contribution in [0.15, 0.2) is 18.2 Å². The molecule has 0 amide bonds. The highest BCUT2D eigenvalue weighted by atomic mass is 35.5. The number of hydrogen-bond donors (Lipinski definition) is 1. The minimum absolute atomic E-state index is 0.296. The minimum Gasteiger partial charge on any atom is -0.486 e. The van der Waals surface area contributed by atoms with Gasteiger partial charge in [0.1, 0.15) is 11.9 Å². The quantitative estimate of drug-likeness (QED) is 0.741. The number of ether oxygens (including phenoxy) is 1. The van der Waals surface area contributed by atoms with E-state index in [1.807, 2.05) is 18.2 Å². The van der Waals surface area contributed by atoms with Gasteiger partial charge in [0.15, 0.2) is 0 Å². The van der Waals surface area contributed by atoms with Crippen LogP contribution in [-0.2, 0) is 0 Å². The summed E-state index contributed by atoms with van der Waals surface area (Å²) >= 11 is 6.03. The summed E-state index contributed by atoms with van der Waals surface area (Å²) < 4.78 is 6.13. The summed E-state index contributed by atoms with van der Waals surface area (Å²) in [7, 11) is 0. The van der Waals surface area contributed by atoms with E-state index >= 15 is 0 Å². The van der Waals surface area contributed by atoms with Gasteiger partial charge in [-0.1, -0.05) is 32.4 Å². The van der Waals surface area contributed by atoms with Crippen LogP contribution in [0.2, 0.25) is 5.02 Å². The van der Waals surface area contributed by atoms with Crippen molar-refractivity contribution in [2.24, 2.45) is 11.3 Å². The number of rotatable bonds is 0. The van der Waals surface area contributed by atoms with Crippen molar-refractivity contribution in [2.45, 2.75) is 52.2 Å². The fourth-order valence-electron chi connectivity index (χ4n) is 3.30. The van der Waals surface area contributed by atoms with Crippen LogP contribution in [0.4, 0.5) is 5.69 Å². The van der Waals surface area contributed by atoms with Gasteiger partial charge in [-0.15, -0.1) is 0 Å². The lowest BCUT2D eigenvalue weighted by Crippen LogP contribution is -2.47. The fraction of sp³-hybridized carbons (Fsp3) is 0.625. The van der Waals surface area contributed by atoms with Gasteiger partial charge in [-0.25, -0.2) is 0 Å². The molecule has 3 heteroatoms. The third-order valence-corrected chi connectivity index (χ3v) is 4.81. The first-order chi connectivity index (χ1) is 8.93. The molecule has 3 rings (SSSR count). The lowest BCUT2D eigenvalue weighted by Gasteiger charge is -2.44. The summed E-state index contributed by atoms with van der Waals surface area (Å²) in [6.07, 6.45) is 3.87. The number of benzene rings is 1. The van der Waals surface area contributed by atoms with Crippen molar-refractivity contribution >= 4 is 17.3 Å². The van der Waals surface area contributed by atoms with E-state index < -0.39 is 0 Å². The molecule has 1 heterocycles. The van der Waals surface area contributed by atoms with E-state index in [1.165, 1.54) is 12.8 Å². The van der Waals surface area contributed by atoms with E-state index in [2.05, 4.69) is 26.1 Å². The van der Waals surface area contributed by atoms with Crippen molar-refractivity contribution in [3.8, 4) is 5.75 Å². The summed E-state index contributed by atoms with van der Waals surface area (Å²) in [5.41, 5.74) is 1.47. The number of nitrogens with one attached hydrogen (secondary N) is 1. The summed E-state index contributed by atoms with van der Waals surface area (Å²) in [6.45, 7) is 7.03. The van der Waals surface area contributed by atoms with Gasteiger partial charge in [0.05, 0.1) is 11.7 Å². The van der Waals surface area contributed by atoms with Crippen LogP contribution in [-0.4, -0.2) is 12.1 Å². The van der Waals surface area contributed by atoms with Crippen LogP contribution in [0.3, 0.4) is 0 Å². The maximum Gasteiger partial charge on any atom is 0.144 e. The van der Waals surface area contributed by atoms with Crippen molar-refractivity contribution in [3.63, 3.8) is 0 Å². The minimum atomic E-state index is 0.296. The molecule has 1 saturated carbocycles. The molecule has 1 fully saturated rings. The van der Waals surface area contributed by atoms with Crippen LogP contribution < -0.4 is 10.1 Å². The Kier molecular flexibility index (Phi) is 3.17. The first kappa shape index (κ1) is 13.1. The van der Waals surface area contributed by atoms with E-state index in [-0.39, 0.29) is 0 Å². The lowest BCUT2D eigenvalue weighted by atomic mass is 9.70. The first-order valence-electron chi connectivity index (χ1n) is 7.16. The van der Waals surface area contributed by atoms with Crippen molar-refractivity contribution in [3.05, 3.63) is 23.2 Å². The van der Waals surface area contributed by atoms with E-state index in [9.17, 15) is 0 Å². The summed E-state index contributed by atoms with van der Waals surface area (Å²) in [6, 6.07) is 6.29. The molecule has 19 heavy (non-hydrogen) atoms. The molecule has 0 radical (unpaired) electrons. The Bertz CT molecular complexity index is 480. The SMILES string of the molecule is CC(C)(C)C1CCC2Oc3cc(Cl)ccc3NC2C1. The van der Waals surface area contributed by atoms with Gasteiger partial charge in [0.2, 0.25) is 0 Å². The molecule has 3 unspecified atom stereocenters. The zero-order valence-corrected chi connectivity index (χ0v) is 12.6. The molecule has 0 spiro atoms. The molecule has 1 aromatic rings. The highest BCUT2D eigenvalue weighted by molar-refractivity contribution is 6.30. The summed E-state index contributed by atoms with van der Waals surface area (Å²) in [5.74, 6) is 1.67. The zero-order chi connectivity index (χ0) is 13.6. The average molecular weight is 280 g/mol. The van der Waals surface area contributed by atoms with Crippen molar-refractivity contribution in [2.75, 3.05) is 5.32 Å². The molecule has 0 bridgehead atoms. The Morgan fingerprint density at radius 2 is 2.05 bits per heavy atom. The second-order valence-corrected chi connectivity index (χ2v) is 7.36. The monoisotopic (exact) mass is 279 g/mol. The maximum atomic E-state index is 6.13. The molecule has 104 valence electrons. The number of halogens is 1. The molecule has 1 N–H and O–H groups in total. The van der Waals surface area contributed by atoms with E-state index in [0.29, 0.717) is 17.6 Å². The van der Waals surface area contributed by atoms with Gasteiger partial charge in [-0.05, 0) is 42.7 Å². The Labute approximate surface area is 120 Å². The predicted octanol–water partition coefficient (Wildman–Crippen LogP) is 4.73. The van der Waals surface area contributed by atoms with Crippen molar-refractivity contribution in [1.82, 2.24) is 0 Å². The summed E-state index contributed by atoms with van der Waals surface area (Å²) in [4.78, 5) is 0. The van der Waals surface area contributed by atoms with Gasteiger partial charge in [-0.3, -0.25) is 0 Å². The van der Waals surface area contributed by atoms with Crippen LogP contribution in [0.1, 0.15) is 40.0 Å². The first-order valence-corrected chi connectivity index (χ1v) is 7.54. The molecule has 2 nitrogen and oxygen atoms in total. The number of anilines is 1. The highest BCUT2D eigenvalue weighted by Gasteiger charge is 2.39. The molecule has 3 atom stereocenters. The molecule has 0 saturated heterocycles. The maximum absolute atomic E-state index is 6.13. The normalized spacial score (nSPS) is 29.8. The molecular formula is C16H22ClNO. The second kappa shape index (κ2) is 4.59. The Morgan fingerprint density at radius 3 is 2.79 bits per heavy atom. The largest absolute Gasteiger partial charge is 0.486 e. The fourth-order valence-corrected chi connectivity index (χ4v) is 3.46. The smallest absolute Gasteiger partial charge is 0.144 e. The third kappa shape index (κ3) is 2.55. The molecule has 2 aliphatic rings. The molecule has 1 aliphatic carbocycles. The van der Waals surface area contributed by atoms with Crippen LogP contribution >= 0.6 is 11.6 Å². The van der Waals surface area contributed by atoms with Crippen LogP contribution in [0.25, 0.3) is 0 Å². The van der Waals surface area contributed by atoms with Crippen LogP contribution in [0.5, 0.6) is 5.75 Å². The van der Waals surface area contributed by atoms with E-state index in [4.69, 9.17) is 16.3 Å². The predicted molar refractivity (Wildman–Crippen MR) is 80.1 cm³/mol. The molecular weight excluding hydrogens is 258 g/mol. The standard InChI is InChI=1S/C16H22ClNO/c1-16(2,3)10-4-7-14-13(8-10)18-12-6-5-11(17)9-15(12)19-14/h5-6,9-10,13-14,18H,4,7-8H2,1-3H3. The van der Waals surface area contributed by atoms with Crippen LogP contribution in [0, 0.1) is 11.3 Å². The molecule has 1 aromatic carbocycles. The highest BCUT2D eigenvalue weighted by Crippen LogP contribution is 2.43. The lowest BCUT2D eigenvalue weighted by molar-refractivity contribution is 0.0700. The number of hydrogen-bond acceptors (Lipinski definition) is 2. The Hall–Kier alpha value is -0.890. The summed E-state index contributed by atoms with van der Waals surface area (Å²) in [5, 5.41) is 4.38. The van der Waals surface area contributed by atoms with E-state index in [0.717, 1.165) is 28.8 Å². The Morgan fingerprint density at radius 1 is 1.26 bits per heavy atom. The van der Waals surface area contributed by atoms with Gasteiger partial charge >= 0.3 is 0 Å². The van der Waals surface area contributed by atoms with Crippen molar-refractivity contribution in [1.29, 1.82) is 0 Å². The topological polar surface area (TPSA) is 21.3 Å². The third-order valence-electron chi connectivity index (χ3n) is 4.57. The number of fused-ring (bicyclic) bond motifs is 2. The molecule has 0 aromatic heterocycles. The van der Waals surface area contributed by atoms with Gasteiger partial charge in [0, 0.05) is 11.1 Å².